The monoisotopic (exact) mass is 1560 g/mol. The van der Waals surface area contributed by atoms with Crippen molar-refractivity contribution in [2.24, 2.45) is 16.7 Å². The topological polar surface area (TPSA) is 346 Å². The lowest BCUT2D eigenvalue weighted by Crippen LogP contribution is -2.82. The van der Waals surface area contributed by atoms with E-state index in [-0.39, 0.29) is 43.0 Å². The van der Waals surface area contributed by atoms with Gasteiger partial charge in [0, 0.05) is 54.6 Å². The minimum Gasteiger partial charge on any atom is -0.480 e. The Morgan fingerprint density at radius 1 is 0.708 bits per heavy atom. The lowest BCUT2D eigenvalue weighted by Gasteiger charge is -2.67. The van der Waals surface area contributed by atoms with Crippen LogP contribution in [-0.4, -0.2) is 207 Å². The number of rotatable bonds is 34. The number of nitrogens with zero attached hydrogens (tertiary/aromatic N) is 2. The number of ketones is 1. The first-order chi connectivity index (χ1) is 50.4. The van der Waals surface area contributed by atoms with Gasteiger partial charge in [0.15, 0.2) is 31.9 Å². The minimum absolute atomic E-state index is 0.0296. The fourth-order valence-electron chi connectivity index (χ4n) is 12.9. The largest absolute Gasteiger partial charge is 0.512 e. The van der Waals surface area contributed by atoms with Gasteiger partial charge in [-0.2, -0.15) is 0 Å². The highest BCUT2D eigenvalue weighted by Gasteiger charge is 2.78. The molecule has 5 aromatic rings. The molecule has 1 amide bonds. The second-order valence-corrected chi connectivity index (χ2v) is 37.2. The molecule has 3 fully saturated rings. The normalized spacial score (nSPS) is 23.5. The zero-order chi connectivity index (χ0) is 76.9. The first-order valence-electron chi connectivity index (χ1n) is 34.4. The van der Waals surface area contributed by atoms with Crippen molar-refractivity contribution in [3.63, 3.8) is 0 Å². The summed E-state index contributed by atoms with van der Waals surface area (Å²) < 4.78 is 70.1. The van der Waals surface area contributed by atoms with Gasteiger partial charge in [-0.3, -0.25) is 14.4 Å². The van der Waals surface area contributed by atoms with Gasteiger partial charge in [0.25, 0.3) is 5.91 Å². The van der Waals surface area contributed by atoms with Crippen LogP contribution in [-0.2, 0) is 80.5 Å². The molecule has 26 nitrogen and oxygen atoms in total. The van der Waals surface area contributed by atoms with Crippen LogP contribution < -0.4 is 5.32 Å². The number of esters is 4. The Labute approximate surface area is 633 Å². The summed E-state index contributed by atoms with van der Waals surface area (Å²) in [6.07, 6.45) is -9.04. The summed E-state index contributed by atoms with van der Waals surface area (Å²) in [6, 6.07) is 35.2. The van der Waals surface area contributed by atoms with Gasteiger partial charge in [-0.1, -0.05) is 135 Å². The van der Waals surface area contributed by atoms with Crippen molar-refractivity contribution >= 4 is 99.2 Å². The summed E-state index contributed by atoms with van der Waals surface area (Å²) in [4.78, 5) is 120. The molecule has 2 bridgehead atoms. The Hall–Kier alpha value is -7.24. The quantitative estimate of drug-likeness (QED) is 0.00565. The van der Waals surface area contributed by atoms with Crippen LogP contribution in [0.2, 0.25) is 18.1 Å². The molecular formula is C75H93N3O23S4Si. The van der Waals surface area contributed by atoms with Crippen molar-refractivity contribution in [2.45, 2.75) is 150 Å². The molecule has 31 heteroatoms. The number of ether oxygens (including phenoxy) is 11. The van der Waals surface area contributed by atoms with Crippen molar-refractivity contribution in [2.75, 3.05) is 77.8 Å². The number of hydrogen-bond acceptors (Lipinski definition) is 28. The van der Waals surface area contributed by atoms with Crippen molar-refractivity contribution in [1.82, 2.24) is 15.3 Å². The highest BCUT2D eigenvalue weighted by Crippen LogP contribution is 2.65. The number of carbonyl (C=O) groups is 8. The summed E-state index contributed by atoms with van der Waals surface area (Å²) >= 11 is 0. The average molecular weight is 1560 g/mol. The summed E-state index contributed by atoms with van der Waals surface area (Å²) in [5, 5.41) is 39.5. The smallest absolute Gasteiger partial charge is 0.480 e. The maximum atomic E-state index is 16.3. The van der Waals surface area contributed by atoms with Crippen LogP contribution in [0.15, 0.2) is 161 Å². The Kier molecular flexibility index (Phi) is 30.8. The molecule has 4 aliphatic rings. The van der Waals surface area contributed by atoms with E-state index in [9.17, 15) is 39.0 Å². The molecule has 3 aliphatic carbocycles. The summed E-state index contributed by atoms with van der Waals surface area (Å²) in [7, 11) is 3.33. The first kappa shape index (κ1) is 84.4. The predicted octanol–water partition coefficient (Wildman–Crippen LogP) is 10.7. The predicted molar refractivity (Wildman–Crippen MR) is 397 cm³/mol. The second kappa shape index (κ2) is 38.7. The second-order valence-electron chi connectivity index (χ2n) is 27.6. The first-order valence-corrected chi connectivity index (χ1v) is 41.9. The van der Waals surface area contributed by atoms with Gasteiger partial charge in [0.1, 0.15) is 47.2 Å². The van der Waals surface area contributed by atoms with Crippen LogP contribution in [0.1, 0.15) is 101 Å². The van der Waals surface area contributed by atoms with E-state index in [2.05, 4.69) is 15.3 Å². The van der Waals surface area contributed by atoms with Gasteiger partial charge in [-0.05, 0) is 119 Å². The van der Waals surface area contributed by atoms with Crippen molar-refractivity contribution in [3.8, 4) is 0 Å². The van der Waals surface area contributed by atoms with Gasteiger partial charge in [0.2, 0.25) is 6.79 Å². The molecule has 3 heterocycles. The number of pyridine rings is 2. The Bertz CT molecular complexity index is 3790. The van der Waals surface area contributed by atoms with E-state index in [0.29, 0.717) is 43.3 Å². The molecule has 2 saturated carbocycles. The van der Waals surface area contributed by atoms with Gasteiger partial charge >= 0.3 is 36.0 Å². The van der Waals surface area contributed by atoms with Crippen LogP contribution in [0.4, 0.5) is 4.79 Å². The van der Waals surface area contributed by atoms with E-state index in [1.54, 1.807) is 124 Å². The molecule has 11 atom stereocenters. The number of aliphatic carboxylic acids is 1. The number of aliphatic hydroxyl groups is 2. The Balaban J connectivity index is 0.000000688. The summed E-state index contributed by atoms with van der Waals surface area (Å²) in [5.74, 6) is -6.43. The van der Waals surface area contributed by atoms with E-state index >= 15 is 9.59 Å². The molecule has 1 aliphatic heterocycles. The fourth-order valence-corrected chi connectivity index (χ4v) is 17.6. The number of carbonyl (C=O) groups excluding carboxylic acids is 7. The van der Waals surface area contributed by atoms with E-state index in [1.165, 1.54) is 50.6 Å². The van der Waals surface area contributed by atoms with Crippen LogP contribution in [0.25, 0.3) is 0 Å². The summed E-state index contributed by atoms with van der Waals surface area (Å²) in [5.41, 5.74) is -7.77. The van der Waals surface area contributed by atoms with Crippen LogP contribution in [0.3, 0.4) is 0 Å². The number of fused-ring (bicyclic) bond motifs is 5. The number of aromatic nitrogens is 2. The maximum absolute atomic E-state index is 16.3. The van der Waals surface area contributed by atoms with Crippen LogP contribution in [0.5, 0.6) is 0 Å². The third-order valence-corrected chi connectivity index (χ3v) is 28.3. The number of carboxylic acid groups (broad SMARTS) is 1. The lowest BCUT2D eigenvalue weighted by atomic mass is 9.44. The highest BCUT2D eigenvalue weighted by molar-refractivity contribution is 8.77. The fraction of sp³-hybridized carbons (Fsp3) is 0.493. The van der Waals surface area contributed by atoms with E-state index in [1.807, 2.05) is 70.3 Å². The van der Waals surface area contributed by atoms with Crippen molar-refractivity contribution < 1.29 is 110 Å². The maximum Gasteiger partial charge on any atom is 0.512 e. The molecule has 1 saturated heterocycles. The van der Waals surface area contributed by atoms with Gasteiger partial charge in [-0.15, -0.1) is 0 Å². The lowest BCUT2D eigenvalue weighted by molar-refractivity contribution is -0.346. The number of nitrogens with one attached hydrogen (secondary N) is 1. The Morgan fingerprint density at radius 2 is 1.25 bits per heavy atom. The molecule has 9 rings (SSSR count). The molecule has 574 valence electrons. The van der Waals surface area contributed by atoms with Crippen molar-refractivity contribution in [3.05, 3.63) is 168 Å². The number of amides is 1. The standard InChI is InChI=1S/C64H78N2O19S2Si.C11H15NO4S2/c1-39-44(81-58(73)52(85-88(9,10)60(3,4)5)50(41-22-14-11-15-23-41)66-56(71)42-24-16-12-17-25-42)35-64(75)55(83-57(72)43-26-18-13-19-27-43)53-62(8,45(68)34-46-63(53,37-78-46)84-40(2)67)54(70)51(49(39)61(64,6)7)82-59(74)80-38-79-48(69)36-77-31-30-76-32-33-86-87-47-28-20-21-29-65-47;13-11(14)9-16-6-5-15-7-8-17-18-10-3-1-2-4-12-10/h11-29,44-46,50-53,55,68,75H,30-38H2,1-10H3,(H,66,71);1-4H,5-9H2,(H,13,14)/t44?,45-,46?,50?,51+,52+,53-,55-,62+,63-,64+;/m0./s1. The molecule has 3 aromatic carbocycles. The zero-order valence-electron chi connectivity index (χ0n) is 60.8. The SMILES string of the molecule is CC(=O)O[C@@]12COC1C[C@H](O)[C@@]1(C)C(=O)[C@H](OC(=O)OCOC(=O)COCCOCCSSc3ccccn3)C3=C(C)C(OC(=O)[C@H](O[Si](C)(C)C(C)(C)C)C(NC(=O)c4ccccc4)c4ccccc4)C[C@@](O)([C@@H](OC(=O)c4ccccc4)[C@@H]12)C3(C)C.O=C(O)COCCOCCSSc1ccccn1. The minimum atomic E-state index is -3.03. The molecule has 106 heavy (non-hydrogen) atoms. The van der Waals surface area contributed by atoms with Gasteiger partial charge < -0.3 is 77.2 Å². The van der Waals surface area contributed by atoms with Crippen LogP contribution in [0, 0.1) is 16.7 Å². The van der Waals surface area contributed by atoms with E-state index < -0.39 is 158 Å². The highest BCUT2D eigenvalue weighted by atomic mass is 33.1. The molecule has 0 spiro atoms. The third-order valence-electron chi connectivity index (χ3n) is 19.4. The van der Waals surface area contributed by atoms with E-state index in [4.69, 9.17) is 61.6 Å². The molecule has 3 unspecified atom stereocenters. The van der Waals surface area contributed by atoms with Gasteiger partial charge in [-0.25, -0.2) is 33.9 Å². The Morgan fingerprint density at radius 3 is 1.78 bits per heavy atom. The third kappa shape index (κ3) is 21.4. The molecule has 4 N–H and O–H groups in total. The number of aliphatic hydroxyl groups excluding tert-OH is 1. The number of carboxylic acids is 1. The number of Topliss-reactive ketones (excluding diaryl/α,β-unsaturated/α-hetero) is 1. The number of benzene rings is 3. The zero-order valence-corrected chi connectivity index (χ0v) is 65.1. The molecule has 0 radical (unpaired) electrons. The molecular weight excluding hydrogens is 1470 g/mol. The van der Waals surface area contributed by atoms with Gasteiger partial charge in [0.05, 0.1) is 75.3 Å². The van der Waals surface area contributed by atoms with Crippen LogP contribution >= 0.6 is 43.2 Å². The van der Waals surface area contributed by atoms with Crippen molar-refractivity contribution in [1.29, 1.82) is 0 Å². The summed E-state index contributed by atoms with van der Waals surface area (Å²) in [6.45, 7) is 16.6. The van der Waals surface area contributed by atoms with E-state index in [0.717, 1.165) is 22.7 Å². The average Bonchev–Trinajstić information content (AvgIpc) is 0.669. The number of hydrogen-bond donors (Lipinski definition) is 4. The molecule has 2 aromatic heterocycles.